The molecule has 0 radical (unpaired) electrons. The number of carbonyl (C=O) groups excluding carboxylic acids is 1. The molecule has 2 rings (SSSR count). The standard InChI is InChI=1S/C15H28N2O3S/c1-5-8-12-16-15(9-6-7-10-15)13(18)17(12)11-14(2,3)21(4,19)20/h12,16H,5-11H2,1-4H3. The van der Waals surface area contributed by atoms with Crippen LogP contribution in [0.2, 0.25) is 0 Å². The molecule has 1 unspecified atom stereocenters. The number of rotatable bonds is 5. The molecular formula is C15H28N2O3S. The van der Waals surface area contributed by atoms with E-state index in [1.807, 2.05) is 0 Å². The Balaban J connectivity index is 2.25. The third-order valence-corrected chi connectivity index (χ3v) is 7.20. The summed E-state index contributed by atoms with van der Waals surface area (Å²) < 4.78 is 23.0. The number of nitrogens with one attached hydrogen (secondary N) is 1. The Kier molecular flexibility index (Phi) is 4.42. The molecule has 6 heteroatoms. The van der Waals surface area contributed by atoms with Crippen molar-refractivity contribution in [2.45, 2.75) is 75.7 Å². The van der Waals surface area contributed by atoms with Gasteiger partial charge in [-0.2, -0.15) is 0 Å². The van der Waals surface area contributed by atoms with Gasteiger partial charge in [0.05, 0.1) is 16.5 Å². The number of hydrogen-bond donors (Lipinski definition) is 1. The van der Waals surface area contributed by atoms with Crippen LogP contribution in [-0.2, 0) is 14.6 Å². The molecule has 1 atom stereocenters. The van der Waals surface area contributed by atoms with E-state index in [2.05, 4.69) is 12.2 Å². The molecule has 2 aliphatic rings. The molecule has 1 aliphatic carbocycles. The summed E-state index contributed by atoms with van der Waals surface area (Å²) in [6.45, 7) is 5.77. The van der Waals surface area contributed by atoms with Crippen molar-refractivity contribution in [3.63, 3.8) is 0 Å². The Morgan fingerprint density at radius 3 is 2.38 bits per heavy atom. The number of hydrogen-bond acceptors (Lipinski definition) is 4. The number of sulfone groups is 1. The Hall–Kier alpha value is -0.620. The smallest absolute Gasteiger partial charge is 0.244 e. The quantitative estimate of drug-likeness (QED) is 0.838. The first-order chi connectivity index (χ1) is 9.63. The first-order valence-electron chi connectivity index (χ1n) is 7.91. The van der Waals surface area contributed by atoms with Gasteiger partial charge in [0.15, 0.2) is 9.84 Å². The maximum absolute atomic E-state index is 12.9. The van der Waals surface area contributed by atoms with Crippen LogP contribution in [0.15, 0.2) is 0 Å². The Morgan fingerprint density at radius 2 is 1.90 bits per heavy atom. The van der Waals surface area contributed by atoms with Crippen molar-refractivity contribution in [3.8, 4) is 0 Å². The van der Waals surface area contributed by atoms with E-state index in [4.69, 9.17) is 0 Å². The molecule has 21 heavy (non-hydrogen) atoms. The van der Waals surface area contributed by atoms with E-state index in [0.717, 1.165) is 38.5 Å². The van der Waals surface area contributed by atoms with Crippen LogP contribution in [0.25, 0.3) is 0 Å². The molecule has 0 aromatic heterocycles. The fourth-order valence-electron chi connectivity index (χ4n) is 3.42. The lowest BCUT2D eigenvalue weighted by molar-refractivity contribution is -0.133. The molecule has 1 saturated heterocycles. The maximum atomic E-state index is 12.9. The number of nitrogens with zero attached hydrogens (tertiary/aromatic N) is 1. The van der Waals surface area contributed by atoms with Crippen molar-refractivity contribution in [1.82, 2.24) is 10.2 Å². The molecular weight excluding hydrogens is 288 g/mol. The van der Waals surface area contributed by atoms with Crippen LogP contribution in [-0.4, -0.2) is 48.5 Å². The van der Waals surface area contributed by atoms with Gasteiger partial charge in [-0.15, -0.1) is 0 Å². The topological polar surface area (TPSA) is 66.5 Å². The van der Waals surface area contributed by atoms with Gasteiger partial charge in [-0.25, -0.2) is 8.42 Å². The lowest BCUT2D eigenvalue weighted by Crippen LogP contribution is -2.49. The van der Waals surface area contributed by atoms with Crippen molar-refractivity contribution in [1.29, 1.82) is 0 Å². The molecule has 0 aromatic rings. The summed E-state index contributed by atoms with van der Waals surface area (Å²) in [4.78, 5) is 14.7. The minimum atomic E-state index is -3.21. The van der Waals surface area contributed by atoms with Crippen LogP contribution in [0.5, 0.6) is 0 Å². The predicted molar refractivity (Wildman–Crippen MR) is 83.7 cm³/mol. The van der Waals surface area contributed by atoms with Crippen LogP contribution in [0, 0.1) is 0 Å². The van der Waals surface area contributed by atoms with Crippen LogP contribution in [0.1, 0.15) is 59.3 Å². The Morgan fingerprint density at radius 1 is 1.33 bits per heavy atom. The lowest BCUT2D eigenvalue weighted by Gasteiger charge is -2.32. The zero-order chi connectivity index (χ0) is 15.9. The van der Waals surface area contributed by atoms with E-state index >= 15 is 0 Å². The van der Waals surface area contributed by atoms with Crippen molar-refractivity contribution in [3.05, 3.63) is 0 Å². The third kappa shape index (κ3) is 2.97. The maximum Gasteiger partial charge on any atom is 0.244 e. The van der Waals surface area contributed by atoms with Crippen LogP contribution in [0.3, 0.4) is 0 Å². The molecule has 5 nitrogen and oxygen atoms in total. The summed E-state index contributed by atoms with van der Waals surface area (Å²) in [6.07, 6.45) is 6.96. The average Bonchev–Trinajstić information content (AvgIpc) is 2.91. The van der Waals surface area contributed by atoms with Gasteiger partial charge in [-0.05, 0) is 33.1 Å². The molecule has 0 bridgehead atoms. The second-order valence-corrected chi connectivity index (χ2v) is 9.85. The van der Waals surface area contributed by atoms with Crippen LogP contribution < -0.4 is 5.32 Å². The van der Waals surface area contributed by atoms with Crippen molar-refractivity contribution in [2.24, 2.45) is 0 Å². The van der Waals surface area contributed by atoms with Gasteiger partial charge in [-0.3, -0.25) is 10.1 Å². The van der Waals surface area contributed by atoms with E-state index in [9.17, 15) is 13.2 Å². The third-order valence-electron chi connectivity index (χ3n) is 5.06. The molecule has 122 valence electrons. The first kappa shape index (κ1) is 16.7. The van der Waals surface area contributed by atoms with Crippen LogP contribution >= 0.6 is 0 Å². The van der Waals surface area contributed by atoms with Gasteiger partial charge in [0.1, 0.15) is 0 Å². The predicted octanol–water partition coefficient (Wildman–Crippen LogP) is 1.68. The monoisotopic (exact) mass is 316 g/mol. The Labute approximate surface area is 128 Å². The van der Waals surface area contributed by atoms with E-state index in [1.165, 1.54) is 6.26 Å². The van der Waals surface area contributed by atoms with Crippen molar-refractivity contribution >= 4 is 15.7 Å². The first-order valence-corrected chi connectivity index (χ1v) is 9.80. The van der Waals surface area contributed by atoms with Gasteiger partial charge >= 0.3 is 0 Å². The molecule has 1 spiro atoms. The normalized spacial score (nSPS) is 26.0. The van der Waals surface area contributed by atoms with Gasteiger partial charge in [0.25, 0.3) is 0 Å². The highest BCUT2D eigenvalue weighted by atomic mass is 32.2. The Bertz CT molecular complexity index is 507. The number of amides is 1. The minimum Gasteiger partial charge on any atom is -0.324 e. The lowest BCUT2D eigenvalue weighted by atomic mass is 9.98. The van der Waals surface area contributed by atoms with E-state index in [-0.39, 0.29) is 18.6 Å². The summed E-state index contributed by atoms with van der Waals surface area (Å²) in [5, 5.41) is 3.52. The van der Waals surface area contributed by atoms with Gasteiger partial charge in [0, 0.05) is 12.8 Å². The van der Waals surface area contributed by atoms with E-state index in [0.29, 0.717) is 0 Å². The fourth-order valence-corrected chi connectivity index (χ4v) is 3.80. The average molecular weight is 316 g/mol. The minimum absolute atomic E-state index is 0.0263. The zero-order valence-corrected chi connectivity index (χ0v) is 14.4. The largest absolute Gasteiger partial charge is 0.324 e. The SMILES string of the molecule is CCCC1NC2(CCCC2)C(=O)N1CC(C)(C)S(C)(=O)=O. The fraction of sp³-hybridized carbons (Fsp3) is 0.933. The summed E-state index contributed by atoms with van der Waals surface area (Å²) >= 11 is 0. The van der Waals surface area contributed by atoms with Crippen LogP contribution in [0.4, 0.5) is 0 Å². The summed E-state index contributed by atoms with van der Waals surface area (Å²) in [5.74, 6) is 0.107. The van der Waals surface area contributed by atoms with Gasteiger partial charge in [-0.1, -0.05) is 26.2 Å². The highest BCUT2D eigenvalue weighted by Crippen LogP contribution is 2.38. The number of carbonyl (C=O) groups is 1. The second-order valence-electron chi connectivity index (χ2n) is 7.20. The molecule has 1 saturated carbocycles. The molecule has 1 aliphatic heterocycles. The summed E-state index contributed by atoms with van der Waals surface area (Å²) in [5.41, 5.74) is -0.423. The summed E-state index contributed by atoms with van der Waals surface area (Å²) in [6, 6.07) is 0. The van der Waals surface area contributed by atoms with Crippen molar-refractivity contribution < 1.29 is 13.2 Å². The molecule has 2 fully saturated rings. The molecule has 1 heterocycles. The highest BCUT2D eigenvalue weighted by molar-refractivity contribution is 7.92. The van der Waals surface area contributed by atoms with Gasteiger partial charge < -0.3 is 4.90 Å². The highest BCUT2D eigenvalue weighted by Gasteiger charge is 2.53. The second kappa shape index (κ2) is 5.54. The molecule has 1 amide bonds. The molecule has 0 aromatic carbocycles. The van der Waals surface area contributed by atoms with Crippen molar-refractivity contribution in [2.75, 3.05) is 12.8 Å². The van der Waals surface area contributed by atoms with E-state index < -0.39 is 20.1 Å². The van der Waals surface area contributed by atoms with Gasteiger partial charge in [0.2, 0.25) is 5.91 Å². The molecule has 1 N–H and O–H groups in total. The summed E-state index contributed by atoms with van der Waals surface area (Å²) in [7, 11) is -3.21. The van der Waals surface area contributed by atoms with E-state index in [1.54, 1.807) is 18.7 Å². The zero-order valence-electron chi connectivity index (χ0n) is 13.6.